The number of carbonyl (C=O) groups excluding carboxylic acids is 1. The lowest BCUT2D eigenvalue weighted by molar-refractivity contribution is -0.136. The zero-order valence-electron chi connectivity index (χ0n) is 21.5. The highest BCUT2D eigenvalue weighted by Gasteiger charge is 2.41. The summed E-state index contributed by atoms with van der Waals surface area (Å²) in [7, 11) is 0. The largest absolute Gasteiger partial charge is 0.493 e. The van der Waals surface area contributed by atoms with Gasteiger partial charge in [-0.3, -0.25) is 4.79 Å². The van der Waals surface area contributed by atoms with Crippen LogP contribution in [0.4, 0.5) is 14.7 Å². The Morgan fingerprint density at radius 2 is 1.81 bits per heavy atom. The number of alkyl halides is 2. The summed E-state index contributed by atoms with van der Waals surface area (Å²) in [5, 5.41) is 0. The molecule has 6 nitrogen and oxygen atoms in total. The van der Waals surface area contributed by atoms with Crippen molar-refractivity contribution in [1.29, 1.82) is 0 Å². The van der Waals surface area contributed by atoms with Crippen LogP contribution < -0.4 is 9.64 Å². The van der Waals surface area contributed by atoms with Gasteiger partial charge in [0.1, 0.15) is 5.75 Å². The van der Waals surface area contributed by atoms with Crippen molar-refractivity contribution in [2.75, 3.05) is 37.7 Å². The molecule has 0 saturated carbocycles. The highest BCUT2D eigenvalue weighted by Crippen LogP contribution is 2.34. The molecule has 2 saturated heterocycles. The Morgan fingerprint density at radius 1 is 1.08 bits per heavy atom. The lowest BCUT2D eigenvalue weighted by Gasteiger charge is -2.31. The van der Waals surface area contributed by atoms with Gasteiger partial charge in [-0.05, 0) is 73.3 Å². The lowest BCUT2D eigenvalue weighted by atomic mass is 9.86. The number of allylic oxidation sites excluding steroid dienone is 2. The van der Waals surface area contributed by atoms with Crippen LogP contribution in [0, 0.1) is 11.8 Å². The highest BCUT2D eigenvalue weighted by atomic mass is 19.3. The number of piperidine rings is 1. The predicted molar refractivity (Wildman–Crippen MR) is 140 cm³/mol. The number of hydrogen-bond donors (Lipinski definition) is 0. The monoisotopic (exact) mass is 510 g/mol. The van der Waals surface area contributed by atoms with E-state index in [-0.39, 0.29) is 24.8 Å². The SMILES string of the molecule is CCc1cnc(N2CCC(COc3ccc(C4=CCC(C(=O)N5CCC(F)(F)C5)CC4)cc3)CC2)nc1. The van der Waals surface area contributed by atoms with Gasteiger partial charge in [0.2, 0.25) is 11.9 Å². The molecular weight excluding hydrogens is 474 g/mol. The van der Waals surface area contributed by atoms with Crippen molar-refractivity contribution in [2.45, 2.75) is 57.8 Å². The van der Waals surface area contributed by atoms with Crippen LogP contribution in [0.2, 0.25) is 0 Å². The average molecular weight is 511 g/mol. The number of aryl methyl sites for hydroxylation is 1. The normalized spacial score (nSPS) is 22.1. The van der Waals surface area contributed by atoms with Crippen LogP contribution in [-0.2, 0) is 11.2 Å². The van der Waals surface area contributed by atoms with Gasteiger partial charge >= 0.3 is 0 Å². The summed E-state index contributed by atoms with van der Waals surface area (Å²) in [5.74, 6) is -0.848. The topological polar surface area (TPSA) is 58.6 Å². The molecule has 8 heteroatoms. The summed E-state index contributed by atoms with van der Waals surface area (Å²) in [4.78, 5) is 25.2. The summed E-state index contributed by atoms with van der Waals surface area (Å²) in [6.07, 6.45) is 10.9. The van der Waals surface area contributed by atoms with Gasteiger partial charge in [-0.25, -0.2) is 18.7 Å². The Balaban J connectivity index is 1.06. The van der Waals surface area contributed by atoms with Crippen LogP contribution in [-0.4, -0.2) is 59.5 Å². The van der Waals surface area contributed by atoms with Crippen molar-refractivity contribution in [3.8, 4) is 5.75 Å². The van der Waals surface area contributed by atoms with Crippen LogP contribution >= 0.6 is 0 Å². The molecule has 0 radical (unpaired) electrons. The van der Waals surface area contributed by atoms with Gasteiger partial charge in [0.15, 0.2) is 0 Å². The maximum atomic E-state index is 13.5. The number of rotatable bonds is 7. The average Bonchev–Trinajstić information content (AvgIpc) is 3.31. The molecule has 2 aromatic rings. The molecule has 5 rings (SSSR count). The predicted octanol–water partition coefficient (Wildman–Crippen LogP) is 5.39. The van der Waals surface area contributed by atoms with Crippen molar-refractivity contribution in [3.05, 3.63) is 53.9 Å². The third-order valence-corrected chi connectivity index (χ3v) is 7.95. The molecule has 2 aliphatic heterocycles. The Labute approximate surface area is 217 Å². The summed E-state index contributed by atoms with van der Waals surface area (Å²) >= 11 is 0. The number of nitrogens with zero attached hydrogens (tertiary/aromatic N) is 4. The molecular formula is C29H36F2N4O2. The molecule has 1 aliphatic carbocycles. The van der Waals surface area contributed by atoms with Gasteiger partial charge in [-0.2, -0.15) is 0 Å². The molecule has 198 valence electrons. The Kier molecular flexibility index (Phi) is 7.72. The number of ether oxygens (including phenoxy) is 1. The fourth-order valence-electron chi connectivity index (χ4n) is 5.48. The standard InChI is InChI=1S/C29H36F2N4O2/c1-2-21-17-32-28(33-18-21)34-14-11-22(12-15-34)19-37-26-9-7-24(8-10-26)23-3-5-25(6-4-23)27(36)35-16-13-29(30,31)20-35/h3,7-10,17-18,22,25H,2,4-6,11-16,19-20H2,1H3. The molecule has 3 aliphatic rings. The van der Waals surface area contributed by atoms with Crippen molar-refractivity contribution in [1.82, 2.24) is 14.9 Å². The first-order chi connectivity index (χ1) is 17.9. The van der Waals surface area contributed by atoms with E-state index in [4.69, 9.17) is 4.74 Å². The van der Waals surface area contributed by atoms with E-state index < -0.39 is 12.5 Å². The molecule has 2 fully saturated rings. The summed E-state index contributed by atoms with van der Waals surface area (Å²) in [5.41, 5.74) is 3.50. The highest BCUT2D eigenvalue weighted by molar-refractivity contribution is 5.81. The Morgan fingerprint density at radius 3 is 2.41 bits per heavy atom. The fourth-order valence-corrected chi connectivity index (χ4v) is 5.48. The third-order valence-electron chi connectivity index (χ3n) is 7.95. The van der Waals surface area contributed by atoms with E-state index in [0.717, 1.165) is 61.6 Å². The minimum atomic E-state index is -2.73. The summed E-state index contributed by atoms with van der Waals surface area (Å²) in [6.45, 7) is 4.42. The maximum absolute atomic E-state index is 13.5. The van der Waals surface area contributed by atoms with Crippen LogP contribution in [0.25, 0.3) is 5.57 Å². The van der Waals surface area contributed by atoms with E-state index in [1.807, 2.05) is 24.5 Å². The van der Waals surface area contributed by atoms with E-state index in [9.17, 15) is 13.6 Å². The molecule has 1 amide bonds. The molecule has 0 spiro atoms. The van der Waals surface area contributed by atoms with Crippen molar-refractivity contribution in [2.24, 2.45) is 11.8 Å². The molecule has 1 aromatic heterocycles. The molecule has 0 N–H and O–H groups in total. The van der Waals surface area contributed by atoms with E-state index in [2.05, 4.69) is 40.0 Å². The first kappa shape index (κ1) is 25.6. The summed E-state index contributed by atoms with van der Waals surface area (Å²) in [6, 6.07) is 8.17. The third kappa shape index (κ3) is 6.28. The van der Waals surface area contributed by atoms with Gasteiger partial charge in [-0.15, -0.1) is 0 Å². The summed E-state index contributed by atoms with van der Waals surface area (Å²) < 4.78 is 33.1. The molecule has 37 heavy (non-hydrogen) atoms. The molecule has 1 atom stereocenters. The zero-order chi connectivity index (χ0) is 25.8. The second-order valence-electron chi connectivity index (χ2n) is 10.6. The van der Waals surface area contributed by atoms with Crippen molar-refractivity contribution in [3.63, 3.8) is 0 Å². The van der Waals surface area contributed by atoms with E-state index in [1.165, 1.54) is 10.5 Å². The van der Waals surface area contributed by atoms with Gasteiger partial charge in [-0.1, -0.05) is 25.1 Å². The van der Waals surface area contributed by atoms with Crippen molar-refractivity contribution >= 4 is 17.4 Å². The number of anilines is 1. The lowest BCUT2D eigenvalue weighted by Crippen LogP contribution is -2.36. The van der Waals surface area contributed by atoms with E-state index >= 15 is 0 Å². The Bertz CT molecular complexity index is 1100. The van der Waals surface area contributed by atoms with Crippen LogP contribution in [0.5, 0.6) is 5.75 Å². The number of halogens is 2. The minimum absolute atomic E-state index is 0.121. The number of amides is 1. The number of hydrogen-bond acceptors (Lipinski definition) is 5. The first-order valence-corrected chi connectivity index (χ1v) is 13.5. The number of likely N-dealkylation sites (tertiary alicyclic amines) is 1. The smallest absolute Gasteiger partial charge is 0.267 e. The van der Waals surface area contributed by atoms with Crippen LogP contribution in [0.15, 0.2) is 42.7 Å². The van der Waals surface area contributed by atoms with Gasteiger partial charge in [0.25, 0.3) is 5.92 Å². The zero-order valence-corrected chi connectivity index (χ0v) is 21.5. The van der Waals surface area contributed by atoms with Crippen LogP contribution in [0.1, 0.15) is 56.6 Å². The molecule has 0 bridgehead atoms. The van der Waals surface area contributed by atoms with Crippen LogP contribution in [0.3, 0.4) is 0 Å². The second-order valence-corrected chi connectivity index (χ2v) is 10.6. The second kappa shape index (κ2) is 11.2. The molecule has 1 aromatic carbocycles. The van der Waals surface area contributed by atoms with Gasteiger partial charge in [0, 0.05) is 44.4 Å². The molecule has 3 heterocycles. The van der Waals surface area contributed by atoms with Gasteiger partial charge < -0.3 is 14.5 Å². The number of carbonyl (C=O) groups is 1. The van der Waals surface area contributed by atoms with Crippen molar-refractivity contribution < 1.29 is 18.3 Å². The minimum Gasteiger partial charge on any atom is -0.493 e. The molecule has 1 unspecified atom stereocenters. The maximum Gasteiger partial charge on any atom is 0.267 e. The van der Waals surface area contributed by atoms with E-state index in [1.54, 1.807) is 0 Å². The fraction of sp³-hybridized carbons (Fsp3) is 0.552. The van der Waals surface area contributed by atoms with E-state index in [0.29, 0.717) is 25.4 Å². The first-order valence-electron chi connectivity index (χ1n) is 13.5. The van der Waals surface area contributed by atoms with Gasteiger partial charge in [0.05, 0.1) is 13.2 Å². The number of aromatic nitrogens is 2. The quantitative estimate of drug-likeness (QED) is 0.500. The number of benzene rings is 1. The Hall–Kier alpha value is -3.03.